The van der Waals surface area contributed by atoms with Crippen LogP contribution in [0.4, 0.5) is 15.8 Å². The van der Waals surface area contributed by atoms with Gasteiger partial charge in [-0.15, -0.1) is 6.58 Å². The fourth-order valence-electron chi connectivity index (χ4n) is 4.24. The summed E-state index contributed by atoms with van der Waals surface area (Å²) in [6.07, 6.45) is 1.59. The molecule has 0 radical (unpaired) electrons. The van der Waals surface area contributed by atoms with Crippen LogP contribution in [-0.2, 0) is 4.79 Å². The lowest BCUT2D eigenvalue weighted by Gasteiger charge is -2.36. The molecule has 0 spiro atoms. The second-order valence-corrected chi connectivity index (χ2v) is 8.69. The molecule has 0 aliphatic carbocycles. The number of rotatable bonds is 8. The Bertz CT molecular complexity index is 1260. The molecule has 1 fully saturated rings. The zero-order chi connectivity index (χ0) is 26.2. The largest absolute Gasteiger partial charge is 0.368 e. The van der Waals surface area contributed by atoms with Crippen LogP contribution in [-0.4, -0.2) is 66.8 Å². The van der Waals surface area contributed by atoms with Crippen LogP contribution in [0.5, 0.6) is 0 Å². The number of hydrogen-bond acceptors (Lipinski definition) is 4. The number of anilines is 2. The first-order valence-electron chi connectivity index (χ1n) is 12.1. The van der Waals surface area contributed by atoms with Gasteiger partial charge >= 0.3 is 0 Å². The van der Waals surface area contributed by atoms with Crippen molar-refractivity contribution in [3.8, 4) is 0 Å². The van der Waals surface area contributed by atoms with Gasteiger partial charge in [0.25, 0.3) is 11.8 Å². The van der Waals surface area contributed by atoms with E-state index in [9.17, 15) is 18.8 Å². The van der Waals surface area contributed by atoms with Crippen molar-refractivity contribution in [3.05, 3.63) is 108 Å². The molecule has 0 atom stereocenters. The minimum absolute atomic E-state index is 0.0909. The van der Waals surface area contributed by atoms with Crippen molar-refractivity contribution in [2.45, 2.75) is 0 Å². The minimum atomic E-state index is -0.510. The van der Waals surface area contributed by atoms with Crippen LogP contribution in [0, 0.1) is 5.82 Å². The van der Waals surface area contributed by atoms with Gasteiger partial charge in [0.2, 0.25) is 5.91 Å². The average molecular weight is 501 g/mol. The van der Waals surface area contributed by atoms with E-state index in [0.717, 1.165) is 5.69 Å². The molecule has 3 aromatic rings. The Morgan fingerprint density at radius 3 is 2.19 bits per heavy atom. The minimum Gasteiger partial charge on any atom is -0.368 e. The van der Waals surface area contributed by atoms with Gasteiger partial charge in [-0.2, -0.15) is 0 Å². The number of nitrogens with one attached hydrogen (secondary N) is 1. The summed E-state index contributed by atoms with van der Waals surface area (Å²) in [7, 11) is 0. The molecule has 1 N–H and O–H groups in total. The number of halogens is 1. The monoisotopic (exact) mass is 500 g/mol. The first-order chi connectivity index (χ1) is 18.0. The van der Waals surface area contributed by atoms with E-state index >= 15 is 0 Å². The first-order valence-corrected chi connectivity index (χ1v) is 12.1. The van der Waals surface area contributed by atoms with Crippen molar-refractivity contribution < 1.29 is 18.8 Å². The van der Waals surface area contributed by atoms with Gasteiger partial charge in [0.1, 0.15) is 12.4 Å². The highest BCUT2D eigenvalue weighted by atomic mass is 19.1. The summed E-state index contributed by atoms with van der Waals surface area (Å²) in [5, 5.41) is 2.84. The SMILES string of the molecule is C=CCN(CC(=O)Nc1ccc(N2CCN(C(=O)c3ccccc3F)CC2)cc1)C(=O)c1ccccc1. The molecule has 1 aliphatic rings. The summed E-state index contributed by atoms with van der Waals surface area (Å²) in [5.41, 5.74) is 2.18. The number of benzene rings is 3. The number of piperazine rings is 1. The Morgan fingerprint density at radius 1 is 0.892 bits per heavy atom. The third-order valence-corrected chi connectivity index (χ3v) is 6.18. The second kappa shape index (κ2) is 12.0. The molecule has 0 unspecified atom stereocenters. The summed E-state index contributed by atoms with van der Waals surface area (Å²) < 4.78 is 14.0. The van der Waals surface area contributed by atoms with E-state index in [1.165, 1.54) is 17.0 Å². The number of carbonyl (C=O) groups is 3. The molecule has 3 aromatic carbocycles. The smallest absolute Gasteiger partial charge is 0.256 e. The van der Waals surface area contributed by atoms with Crippen molar-refractivity contribution in [1.29, 1.82) is 0 Å². The number of nitrogens with zero attached hydrogens (tertiary/aromatic N) is 3. The maximum Gasteiger partial charge on any atom is 0.256 e. The molecule has 0 aromatic heterocycles. The first kappa shape index (κ1) is 25.6. The topological polar surface area (TPSA) is 73.0 Å². The zero-order valence-corrected chi connectivity index (χ0v) is 20.5. The third-order valence-electron chi connectivity index (χ3n) is 6.18. The van der Waals surface area contributed by atoms with Gasteiger partial charge < -0.3 is 20.0 Å². The van der Waals surface area contributed by atoms with E-state index in [0.29, 0.717) is 37.4 Å². The van der Waals surface area contributed by atoms with E-state index in [-0.39, 0.29) is 36.4 Å². The van der Waals surface area contributed by atoms with Gasteiger partial charge in [-0.05, 0) is 48.5 Å². The standard InChI is InChI=1S/C29H29FN4O3/c1-2-16-34(28(36)22-8-4-3-5-9-22)21-27(35)31-23-12-14-24(15-13-23)32-17-19-33(20-18-32)29(37)25-10-6-7-11-26(25)30/h2-15H,1,16-21H2,(H,31,35). The molecule has 190 valence electrons. The van der Waals surface area contributed by atoms with E-state index in [1.54, 1.807) is 59.5 Å². The fourth-order valence-corrected chi connectivity index (χ4v) is 4.24. The Balaban J connectivity index is 1.30. The predicted molar refractivity (Wildman–Crippen MR) is 142 cm³/mol. The Morgan fingerprint density at radius 2 is 1.54 bits per heavy atom. The third kappa shape index (κ3) is 6.41. The van der Waals surface area contributed by atoms with Crippen molar-refractivity contribution >= 4 is 29.1 Å². The lowest BCUT2D eigenvalue weighted by atomic mass is 10.1. The van der Waals surface area contributed by atoms with Crippen LogP contribution >= 0.6 is 0 Å². The molecule has 4 rings (SSSR count). The van der Waals surface area contributed by atoms with Gasteiger partial charge in [0, 0.05) is 49.7 Å². The zero-order valence-electron chi connectivity index (χ0n) is 20.5. The Hall–Kier alpha value is -4.46. The number of hydrogen-bond donors (Lipinski definition) is 1. The van der Waals surface area contributed by atoms with Gasteiger partial charge in [0.05, 0.1) is 5.56 Å². The maximum absolute atomic E-state index is 14.0. The highest BCUT2D eigenvalue weighted by Gasteiger charge is 2.24. The maximum atomic E-state index is 14.0. The van der Waals surface area contributed by atoms with Crippen LogP contribution in [0.3, 0.4) is 0 Å². The predicted octanol–water partition coefficient (Wildman–Crippen LogP) is 4.06. The lowest BCUT2D eigenvalue weighted by molar-refractivity contribution is -0.116. The van der Waals surface area contributed by atoms with Crippen molar-refractivity contribution in [1.82, 2.24) is 9.80 Å². The Kier molecular flexibility index (Phi) is 8.30. The van der Waals surface area contributed by atoms with Gasteiger partial charge in [-0.3, -0.25) is 14.4 Å². The average Bonchev–Trinajstić information content (AvgIpc) is 2.93. The van der Waals surface area contributed by atoms with Crippen LogP contribution in [0.15, 0.2) is 91.5 Å². The lowest BCUT2D eigenvalue weighted by Crippen LogP contribution is -2.49. The molecule has 3 amide bonds. The summed E-state index contributed by atoms with van der Waals surface area (Å²) in [6.45, 7) is 6.05. The molecule has 8 heteroatoms. The number of amides is 3. The Labute approximate surface area is 215 Å². The molecular weight excluding hydrogens is 471 g/mol. The van der Waals surface area contributed by atoms with E-state index in [4.69, 9.17) is 0 Å². The second-order valence-electron chi connectivity index (χ2n) is 8.69. The van der Waals surface area contributed by atoms with Gasteiger partial charge in [0.15, 0.2) is 0 Å². The molecule has 7 nitrogen and oxygen atoms in total. The van der Waals surface area contributed by atoms with Crippen molar-refractivity contribution in [3.63, 3.8) is 0 Å². The fraction of sp³-hybridized carbons (Fsp3) is 0.207. The molecule has 0 saturated carbocycles. The van der Waals surface area contributed by atoms with E-state index in [1.807, 2.05) is 18.2 Å². The molecule has 37 heavy (non-hydrogen) atoms. The molecule has 1 saturated heterocycles. The van der Waals surface area contributed by atoms with Crippen molar-refractivity contribution in [2.75, 3.05) is 49.5 Å². The van der Waals surface area contributed by atoms with Crippen molar-refractivity contribution in [2.24, 2.45) is 0 Å². The number of carbonyl (C=O) groups excluding carboxylic acids is 3. The summed E-state index contributed by atoms with van der Waals surface area (Å²) in [4.78, 5) is 43.3. The quantitative estimate of drug-likeness (QED) is 0.474. The molecule has 1 heterocycles. The molecular formula is C29H29FN4O3. The van der Waals surface area contributed by atoms with Crippen LogP contribution in [0.2, 0.25) is 0 Å². The van der Waals surface area contributed by atoms with Crippen LogP contribution in [0.25, 0.3) is 0 Å². The summed E-state index contributed by atoms with van der Waals surface area (Å²) >= 11 is 0. The van der Waals surface area contributed by atoms with Gasteiger partial charge in [-0.25, -0.2) is 4.39 Å². The van der Waals surface area contributed by atoms with E-state index < -0.39 is 5.82 Å². The highest BCUT2D eigenvalue weighted by Crippen LogP contribution is 2.21. The van der Waals surface area contributed by atoms with Crippen LogP contribution < -0.4 is 10.2 Å². The van der Waals surface area contributed by atoms with E-state index in [2.05, 4.69) is 16.8 Å². The van der Waals surface area contributed by atoms with Gasteiger partial charge in [-0.1, -0.05) is 36.4 Å². The highest BCUT2D eigenvalue weighted by molar-refractivity contribution is 5.99. The summed E-state index contributed by atoms with van der Waals surface area (Å²) in [6, 6.07) is 22.3. The molecule has 1 aliphatic heterocycles. The molecule has 0 bridgehead atoms. The van der Waals surface area contributed by atoms with Crippen LogP contribution in [0.1, 0.15) is 20.7 Å². The summed E-state index contributed by atoms with van der Waals surface area (Å²) in [5.74, 6) is -1.35. The normalized spacial score (nSPS) is 13.1.